The van der Waals surface area contributed by atoms with Gasteiger partial charge in [0.2, 0.25) is 0 Å². The van der Waals surface area contributed by atoms with Crippen LogP contribution in [0.5, 0.6) is 0 Å². The number of aryl methyl sites for hydroxylation is 1. The monoisotopic (exact) mass is 224 g/mol. The average Bonchev–Trinajstić information content (AvgIpc) is 2.61. The standard InChI is InChI=1S/C11H16N2O3/c1-13-10(11(14)15)7-8(12-13)6-9-4-2-3-5-16-9/h7,9H,2-6H2,1H3,(H,14,15). The van der Waals surface area contributed by atoms with Gasteiger partial charge in [-0.1, -0.05) is 0 Å². The van der Waals surface area contributed by atoms with E-state index in [9.17, 15) is 4.79 Å². The normalized spacial score (nSPS) is 20.9. The van der Waals surface area contributed by atoms with E-state index in [2.05, 4.69) is 5.10 Å². The van der Waals surface area contributed by atoms with Crippen molar-refractivity contribution in [2.45, 2.75) is 31.8 Å². The fourth-order valence-corrected chi connectivity index (χ4v) is 2.03. The number of hydrogen-bond acceptors (Lipinski definition) is 3. The fraction of sp³-hybridized carbons (Fsp3) is 0.636. The zero-order chi connectivity index (χ0) is 11.5. The molecule has 1 aromatic rings. The van der Waals surface area contributed by atoms with E-state index in [1.165, 1.54) is 11.1 Å². The minimum Gasteiger partial charge on any atom is -0.477 e. The molecule has 1 aliphatic heterocycles. The highest BCUT2D eigenvalue weighted by molar-refractivity contribution is 5.85. The molecular weight excluding hydrogens is 208 g/mol. The molecule has 0 saturated carbocycles. The molecule has 1 aromatic heterocycles. The van der Waals surface area contributed by atoms with Crippen LogP contribution in [0.25, 0.3) is 0 Å². The average molecular weight is 224 g/mol. The molecule has 2 rings (SSSR count). The van der Waals surface area contributed by atoms with Crippen LogP contribution in [0.3, 0.4) is 0 Å². The molecule has 1 atom stereocenters. The van der Waals surface area contributed by atoms with Crippen molar-refractivity contribution in [1.82, 2.24) is 9.78 Å². The summed E-state index contributed by atoms with van der Waals surface area (Å²) in [7, 11) is 1.65. The lowest BCUT2D eigenvalue weighted by Crippen LogP contribution is -2.21. The smallest absolute Gasteiger partial charge is 0.354 e. The van der Waals surface area contributed by atoms with Crippen molar-refractivity contribution < 1.29 is 14.6 Å². The van der Waals surface area contributed by atoms with E-state index >= 15 is 0 Å². The molecule has 5 nitrogen and oxygen atoms in total. The number of aromatic carboxylic acids is 1. The lowest BCUT2D eigenvalue weighted by atomic mass is 10.0. The maximum absolute atomic E-state index is 10.8. The van der Waals surface area contributed by atoms with Crippen molar-refractivity contribution in [1.29, 1.82) is 0 Å². The van der Waals surface area contributed by atoms with Gasteiger partial charge in [-0.25, -0.2) is 4.79 Å². The molecule has 0 radical (unpaired) electrons. The summed E-state index contributed by atoms with van der Waals surface area (Å²) in [5.74, 6) is -0.939. The van der Waals surface area contributed by atoms with E-state index in [-0.39, 0.29) is 11.8 Å². The third kappa shape index (κ3) is 2.41. The van der Waals surface area contributed by atoms with Gasteiger partial charge >= 0.3 is 5.97 Å². The van der Waals surface area contributed by atoms with Crippen LogP contribution in [0.2, 0.25) is 0 Å². The fourth-order valence-electron chi connectivity index (χ4n) is 2.03. The number of ether oxygens (including phenoxy) is 1. The number of carboxylic acid groups (broad SMARTS) is 1. The highest BCUT2D eigenvalue weighted by Crippen LogP contribution is 2.17. The van der Waals surface area contributed by atoms with Crippen molar-refractivity contribution in [3.8, 4) is 0 Å². The number of hydrogen-bond donors (Lipinski definition) is 1. The summed E-state index contributed by atoms with van der Waals surface area (Å²) < 4.78 is 7.00. The van der Waals surface area contributed by atoms with Gasteiger partial charge in [-0.2, -0.15) is 5.10 Å². The highest BCUT2D eigenvalue weighted by Gasteiger charge is 2.18. The van der Waals surface area contributed by atoms with Gasteiger partial charge in [0.1, 0.15) is 5.69 Å². The van der Waals surface area contributed by atoms with E-state index in [4.69, 9.17) is 9.84 Å². The molecule has 1 unspecified atom stereocenters. The van der Waals surface area contributed by atoms with Crippen molar-refractivity contribution >= 4 is 5.97 Å². The van der Waals surface area contributed by atoms with E-state index in [0.29, 0.717) is 6.42 Å². The van der Waals surface area contributed by atoms with Gasteiger partial charge in [0.15, 0.2) is 0 Å². The van der Waals surface area contributed by atoms with Crippen LogP contribution in [0.4, 0.5) is 0 Å². The molecule has 5 heteroatoms. The summed E-state index contributed by atoms with van der Waals surface area (Å²) in [6.45, 7) is 0.809. The van der Waals surface area contributed by atoms with Crippen LogP contribution in [0, 0.1) is 0 Å². The van der Waals surface area contributed by atoms with Crippen LogP contribution in [0.1, 0.15) is 35.4 Å². The highest BCUT2D eigenvalue weighted by atomic mass is 16.5. The van der Waals surface area contributed by atoms with Crippen LogP contribution < -0.4 is 0 Å². The summed E-state index contributed by atoms with van der Waals surface area (Å²) in [5, 5.41) is 13.1. The Hall–Kier alpha value is -1.36. The Morgan fingerprint density at radius 2 is 2.50 bits per heavy atom. The van der Waals surface area contributed by atoms with E-state index in [1.54, 1.807) is 13.1 Å². The number of carbonyl (C=O) groups is 1. The number of nitrogens with zero attached hydrogens (tertiary/aromatic N) is 2. The Labute approximate surface area is 94.0 Å². The third-order valence-electron chi connectivity index (χ3n) is 2.86. The van der Waals surface area contributed by atoms with Crippen molar-refractivity contribution in [3.05, 3.63) is 17.5 Å². The van der Waals surface area contributed by atoms with Crippen molar-refractivity contribution in [2.75, 3.05) is 6.61 Å². The molecule has 0 aromatic carbocycles. The molecule has 0 bridgehead atoms. The van der Waals surface area contributed by atoms with E-state index in [1.807, 2.05) is 0 Å². The second-order valence-corrected chi connectivity index (χ2v) is 4.14. The topological polar surface area (TPSA) is 64.4 Å². The lowest BCUT2D eigenvalue weighted by Gasteiger charge is -2.21. The predicted octanol–water partition coefficient (Wildman–Crippen LogP) is 1.23. The summed E-state index contributed by atoms with van der Waals surface area (Å²) >= 11 is 0. The number of rotatable bonds is 3. The first-order valence-corrected chi connectivity index (χ1v) is 5.54. The van der Waals surface area contributed by atoms with E-state index in [0.717, 1.165) is 25.1 Å². The maximum Gasteiger partial charge on any atom is 0.354 e. The Morgan fingerprint density at radius 3 is 3.06 bits per heavy atom. The Bertz CT molecular complexity index is 381. The van der Waals surface area contributed by atoms with Crippen molar-refractivity contribution in [3.63, 3.8) is 0 Å². The second-order valence-electron chi connectivity index (χ2n) is 4.14. The predicted molar refractivity (Wildman–Crippen MR) is 57.5 cm³/mol. The molecule has 1 fully saturated rings. The molecule has 2 heterocycles. The van der Waals surface area contributed by atoms with Gasteiger partial charge in [-0.15, -0.1) is 0 Å². The first kappa shape index (κ1) is 11.1. The Kier molecular flexibility index (Phi) is 3.24. The van der Waals surface area contributed by atoms with Gasteiger partial charge < -0.3 is 9.84 Å². The molecule has 1 saturated heterocycles. The van der Waals surface area contributed by atoms with Crippen LogP contribution in [-0.4, -0.2) is 33.6 Å². The van der Waals surface area contributed by atoms with Gasteiger partial charge in [0, 0.05) is 20.1 Å². The van der Waals surface area contributed by atoms with Crippen molar-refractivity contribution in [2.24, 2.45) is 7.05 Å². The van der Waals surface area contributed by atoms with Crippen LogP contribution in [-0.2, 0) is 18.2 Å². The minimum atomic E-state index is -0.939. The first-order valence-electron chi connectivity index (χ1n) is 5.54. The molecule has 0 spiro atoms. The number of carboxylic acids is 1. The van der Waals surface area contributed by atoms with Crippen LogP contribution >= 0.6 is 0 Å². The van der Waals surface area contributed by atoms with Gasteiger partial charge in [0.05, 0.1) is 11.8 Å². The summed E-state index contributed by atoms with van der Waals surface area (Å²) in [6.07, 6.45) is 4.26. The second kappa shape index (κ2) is 4.65. The SMILES string of the molecule is Cn1nc(CC2CCCCO2)cc1C(=O)O. The van der Waals surface area contributed by atoms with Crippen LogP contribution in [0.15, 0.2) is 6.07 Å². The Balaban J connectivity index is 2.03. The molecular formula is C11H16N2O3. The zero-order valence-electron chi connectivity index (χ0n) is 9.35. The van der Waals surface area contributed by atoms with Gasteiger partial charge in [0.25, 0.3) is 0 Å². The molecule has 0 aliphatic carbocycles. The van der Waals surface area contributed by atoms with Gasteiger partial charge in [-0.05, 0) is 25.3 Å². The Morgan fingerprint density at radius 1 is 1.69 bits per heavy atom. The quantitative estimate of drug-likeness (QED) is 0.838. The molecule has 0 amide bonds. The summed E-state index contributed by atoms with van der Waals surface area (Å²) in [4.78, 5) is 10.8. The summed E-state index contributed by atoms with van der Waals surface area (Å²) in [6, 6.07) is 1.63. The largest absolute Gasteiger partial charge is 0.477 e. The first-order chi connectivity index (χ1) is 7.66. The molecule has 88 valence electrons. The zero-order valence-corrected chi connectivity index (χ0v) is 9.35. The lowest BCUT2D eigenvalue weighted by molar-refractivity contribution is 0.0162. The van der Waals surface area contributed by atoms with Gasteiger partial charge in [-0.3, -0.25) is 4.68 Å². The molecule has 1 aliphatic rings. The summed E-state index contributed by atoms with van der Waals surface area (Å²) in [5.41, 5.74) is 1.03. The third-order valence-corrected chi connectivity index (χ3v) is 2.86. The molecule has 16 heavy (non-hydrogen) atoms. The van der Waals surface area contributed by atoms with E-state index < -0.39 is 5.97 Å². The minimum absolute atomic E-state index is 0.199. The maximum atomic E-state index is 10.8. The number of aromatic nitrogens is 2. The molecule has 1 N–H and O–H groups in total.